The lowest BCUT2D eigenvalue weighted by atomic mass is 9.86. The Kier molecular flexibility index (Phi) is 12.9. The van der Waals surface area contributed by atoms with Crippen LogP contribution in [0.2, 0.25) is 0 Å². The van der Waals surface area contributed by atoms with Crippen LogP contribution < -0.4 is 5.32 Å². The lowest BCUT2D eigenvalue weighted by Gasteiger charge is -2.36. The molecule has 4 nitrogen and oxygen atoms in total. The third-order valence-corrected chi connectivity index (χ3v) is 7.31. The van der Waals surface area contributed by atoms with E-state index in [9.17, 15) is 13.6 Å². The van der Waals surface area contributed by atoms with Gasteiger partial charge in [-0.15, -0.1) is 0 Å². The molecule has 1 atom stereocenters. The Morgan fingerprint density at radius 1 is 0.825 bits per heavy atom. The van der Waals surface area contributed by atoms with Crippen LogP contribution in [0.4, 0.5) is 13.6 Å². The van der Waals surface area contributed by atoms with Crippen molar-refractivity contribution in [1.82, 2.24) is 10.2 Å². The number of alkyl halides is 3. The third kappa shape index (κ3) is 10.5. The first-order chi connectivity index (χ1) is 19.2. The Morgan fingerprint density at radius 2 is 1.25 bits per heavy atom. The highest BCUT2D eigenvalue weighted by Crippen LogP contribution is 2.37. The molecule has 2 aliphatic rings. The number of rotatable bonds is 5. The van der Waals surface area contributed by atoms with Crippen LogP contribution in [0.5, 0.6) is 0 Å². The van der Waals surface area contributed by atoms with E-state index in [-0.39, 0.29) is 0 Å². The van der Waals surface area contributed by atoms with Gasteiger partial charge in [-0.1, -0.05) is 103 Å². The second kappa shape index (κ2) is 16.1. The molecule has 40 heavy (non-hydrogen) atoms. The van der Waals surface area contributed by atoms with E-state index in [1.54, 1.807) is 0 Å². The highest BCUT2D eigenvalue weighted by Gasteiger charge is 2.36. The van der Waals surface area contributed by atoms with E-state index in [0.29, 0.717) is 25.7 Å². The summed E-state index contributed by atoms with van der Waals surface area (Å²) in [6.45, 7) is 5.63. The number of piperidine rings is 2. The SMILES string of the molecule is CC(Cl)OC(=O)Cl.FC1(c2ccccc2)CCN(Cc2ccccc2)CC1.FC1(c2ccccc2)CCNCC1. The van der Waals surface area contributed by atoms with Crippen LogP contribution in [0, 0.1) is 0 Å². The Hall–Kier alpha value is -2.51. The van der Waals surface area contributed by atoms with E-state index >= 15 is 0 Å². The van der Waals surface area contributed by atoms with Crippen LogP contribution in [-0.4, -0.2) is 42.1 Å². The van der Waals surface area contributed by atoms with E-state index in [1.807, 2.05) is 66.7 Å². The van der Waals surface area contributed by atoms with Gasteiger partial charge in [-0.3, -0.25) is 4.90 Å². The van der Waals surface area contributed by atoms with E-state index in [2.05, 4.69) is 39.2 Å². The van der Waals surface area contributed by atoms with Crippen molar-refractivity contribution < 1.29 is 18.3 Å². The summed E-state index contributed by atoms with van der Waals surface area (Å²) < 4.78 is 33.4. The number of hydrogen-bond acceptors (Lipinski definition) is 4. The molecule has 1 unspecified atom stereocenters. The van der Waals surface area contributed by atoms with Crippen molar-refractivity contribution in [3.63, 3.8) is 0 Å². The fourth-order valence-electron chi connectivity index (χ4n) is 4.91. The monoisotopic (exact) mass is 590 g/mol. The Balaban J connectivity index is 0.000000189. The minimum Gasteiger partial charge on any atom is -0.434 e. The van der Waals surface area contributed by atoms with Gasteiger partial charge in [-0.25, -0.2) is 13.6 Å². The molecular formula is C32H38Cl2F2N2O2. The number of benzene rings is 3. The molecule has 0 spiro atoms. The molecule has 2 heterocycles. The average molecular weight is 592 g/mol. The van der Waals surface area contributed by atoms with Gasteiger partial charge >= 0.3 is 5.43 Å². The third-order valence-electron chi connectivity index (χ3n) is 7.13. The summed E-state index contributed by atoms with van der Waals surface area (Å²) >= 11 is 9.87. The van der Waals surface area contributed by atoms with E-state index in [0.717, 1.165) is 43.9 Å². The van der Waals surface area contributed by atoms with Crippen molar-refractivity contribution in [3.8, 4) is 0 Å². The van der Waals surface area contributed by atoms with Crippen molar-refractivity contribution in [3.05, 3.63) is 108 Å². The molecule has 0 aromatic heterocycles. The maximum atomic E-state index is 15.0. The second-order valence-corrected chi connectivity index (χ2v) is 11.0. The smallest absolute Gasteiger partial charge is 0.405 e. The van der Waals surface area contributed by atoms with Crippen molar-refractivity contribution >= 4 is 28.6 Å². The summed E-state index contributed by atoms with van der Waals surface area (Å²) in [4.78, 5) is 12.1. The summed E-state index contributed by atoms with van der Waals surface area (Å²) in [6, 6.07) is 29.5. The summed E-state index contributed by atoms with van der Waals surface area (Å²) in [7, 11) is 0. The average Bonchev–Trinajstić information content (AvgIpc) is 2.96. The molecule has 1 N–H and O–H groups in total. The molecule has 5 rings (SSSR count). The molecule has 0 amide bonds. The largest absolute Gasteiger partial charge is 0.434 e. The Morgan fingerprint density at radius 3 is 1.65 bits per heavy atom. The normalized spacial score (nSPS) is 18.6. The molecule has 216 valence electrons. The van der Waals surface area contributed by atoms with Crippen LogP contribution >= 0.6 is 23.2 Å². The predicted molar refractivity (Wildman–Crippen MR) is 159 cm³/mol. The number of carbonyl (C=O) groups excluding carboxylic acids is 1. The summed E-state index contributed by atoms with van der Waals surface area (Å²) in [5.74, 6) is 0. The van der Waals surface area contributed by atoms with Crippen molar-refractivity contribution in [1.29, 1.82) is 0 Å². The second-order valence-electron chi connectivity index (χ2n) is 10.1. The van der Waals surface area contributed by atoms with Crippen molar-refractivity contribution in [2.24, 2.45) is 0 Å². The Bertz CT molecular complexity index is 1120. The number of carbonyl (C=O) groups is 1. The zero-order valence-corrected chi connectivity index (χ0v) is 24.4. The van der Waals surface area contributed by atoms with E-state index in [1.165, 1.54) is 12.5 Å². The van der Waals surface area contributed by atoms with Gasteiger partial charge in [0.2, 0.25) is 0 Å². The lowest BCUT2D eigenvalue weighted by molar-refractivity contribution is 0.0526. The molecule has 0 bridgehead atoms. The highest BCUT2D eigenvalue weighted by atomic mass is 35.5. The van der Waals surface area contributed by atoms with E-state index < -0.39 is 22.3 Å². The van der Waals surface area contributed by atoms with Gasteiger partial charge < -0.3 is 10.1 Å². The molecule has 2 saturated heterocycles. The molecule has 2 fully saturated rings. The number of hydrogen-bond donors (Lipinski definition) is 1. The van der Waals surface area contributed by atoms with Crippen LogP contribution in [-0.2, 0) is 22.6 Å². The van der Waals surface area contributed by atoms with Gasteiger partial charge in [0.25, 0.3) is 0 Å². The summed E-state index contributed by atoms with van der Waals surface area (Å²) in [6.07, 6.45) is 2.36. The van der Waals surface area contributed by atoms with Crippen molar-refractivity contribution in [2.45, 2.75) is 56.1 Å². The maximum absolute atomic E-state index is 15.0. The number of halogens is 4. The molecular weight excluding hydrogens is 553 g/mol. The van der Waals surface area contributed by atoms with E-state index in [4.69, 9.17) is 23.2 Å². The van der Waals surface area contributed by atoms with Gasteiger partial charge in [-0.2, -0.15) is 0 Å². The minimum atomic E-state index is -1.14. The van der Waals surface area contributed by atoms with Gasteiger partial charge in [0, 0.05) is 31.2 Å². The summed E-state index contributed by atoms with van der Waals surface area (Å²) in [5.41, 5.74) is -0.775. The molecule has 2 aliphatic heterocycles. The van der Waals surface area contributed by atoms with Crippen LogP contribution in [0.3, 0.4) is 0 Å². The number of likely N-dealkylation sites (tertiary alicyclic amines) is 1. The zero-order valence-electron chi connectivity index (χ0n) is 22.9. The maximum Gasteiger partial charge on any atom is 0.405 e. The molecule has 0 saturated carbocycles. The minimum absolute atomic E-state index is 0.587. The molecule has 3 aromatic carbocycles. The molecule has 0 aliphatic carbocycles. The first-order valence-corrected chi connectivity index (χ1v) is 14.5. The zero-order chi connectivity index (χ0) is 28.8. The topological polar surface area (TPSA) is 41.6 Å². The van der Waals surface area contributed by atoms with Gasteiger partial charge in [0.05, 0.1) is 0 Å². The fourth-order valence-corrected chi connectivity index (χ4v) is 5.17. The first-order valence-electron chi connectivity index (χ1n) is 13.7. The van der Waals surface area contributed by atoms with Gasteiger partial charge in [-0.05, 0) is 62.4 Å². The van der Waals surface area contributed by atoms with Crippen LogP contribution in [0.1, 0.15) is 49.3 Å². The van der Waals surface area contributed by atoms with Gasteiger partial charge in [0.15, 0.2) is 5.56 Å². The standard InChI is InChI=1S/C18H20FN.C11H14FN.C3H4Cl2O2/c19-18(17-9-5-2-6-10-17)11-13-20(14-12-18)15-16-7-3-1-4-8-16;12-11(6-8-13-9-7-11)10-4-2-1-3-5-10;1-2(4)7-3(5)6/h1-10H,11-15H2;1-5,13H,6-9H2;2H,1H3. The summed E-state index contributed by atoms with van der Waals surface area (Å²) in [5, 5.41) is 3.17. The van der Waals surface area contributed by atoms with Crippen LogP contribution in [0.25, 0.3) is 0 Å². The fraction of sp³-hybridized carbons (Fsp3) is 0.406. The number of nitrogens with zero attached hydrogens (tertiary/aromatic N) is 1. The van der Waals surface area contributed by atoms with Crippen LogP contribution in [0.15, 0.2) is 91.0 Å². The first kappa shape index (κ1) is 32.0. The number of ether oxygens (including phenoxy) is 1. The lowest BCUT2D eigenvalue weighted by Crippen LogP contribution is -2.39. The molecule has 0 radical (unpaired) electrons. The molecule has 3 aromatic rings. The highest BCUT2D eigenvalue weighted by molar-refractivity contribution is 6.61. The molecule has 8 heteroatoms. The van der Waals surface area contributed by atoms with Crippen molar-refractivity contribution in [2.75, 3.05) is 26.2 Å². The predicted octanol–water partition coefficient (Wildman–Crippen LogP) is 8.33. The Labute approximate surface area is 246 Å². The van der Waals surface area contributed by atoms with Gasteiger partial charge in [0.1, 0.15) is 11.3 Å². The number of nitrogens with one attached hydrogen (secondary N) is 1. The quantitative estimate of drug-likeness (QED) is 0.239.